The molecule has 0 N–H and O–H groups in total. The lowest BCUT2D eigenvalue weighted by Gasteiger charge is -2.37. The number of aromatic nitrogens is 3. The van der Waals surface area contributed by atoms with Crippen LogP contribution >= 0.6 is 0 Å². The van der Waals surface area contributed by atoms with Crippen LogP contribution in [0.3, 0.4) is 0 Å². The van der Waals surface area contributed by atoms with Crippen molar-refractivity contribution in [3.05, 3.63) is 65.8 Å². The summed E-state index contributed by atoms with van der Waals surface area (Å²) in [5.74, 6) is 1.18. The van der Waals surface area contributed by atoms with Crippen molar-refractivity contribution in [2.24, 2.45) is 0 Å². The molecule has 1 aromatic carbocycles. The molecule has 3 aromatic rings. The van der Waals surface area contributed by atoms with Crippen LogP contribution < -0.4 is 0 Å². The van der Waals surface area contributed by atoms with Gasteiger partial charge in [0.05, 0.1) is 18.6 Å². The zero-order chi connectivity index (χ0) is 17.9. The standard InChI is InChI=1S/C19H18N4O3/c1-25-19(24)14-6-4-13(5-7-14)10-23-11-16(12-23)18-21-17(22-26-18)15-3-2-8-20-9-15/h2-9,16H,10-12H2,1H3. The minimum Gasteiger partial charge on any atom is -0.465 e. The van der Waals surface area contributed by atoms with Crippen LogP contribution in [0, 0.1) is 0 Å². The van der Waals surface area contributed by atoms with E-state index in [0.29, 0.717) is 17.3 Å². The molecule has 0 spiro atoms. The summed E-state index contributed by atoms with van der Waals surface area (Å²) in [6.07, 6.45) is 3.44. The zero-order valence-electron chi connectivity index (χ0n) is 14.3. The summed E-state index contributed by atoms with van der Waals surface area (Å²) < 4.78 is 10.1. The lowest BCUT2D eigenvalue weighted by Crippen LogP contribution is -2.44. The van der Waals surface area contributed by atoms with Gasteiger partial charge in [0.2, 0.25) is 11.7 Å². The monoisotopic (exact) mass is 350 g/mol. The van der Waals surface area contributed by atoms with Crippen molar-refractivity contribution in [3.8, 4) is 11.4 Å². The van der Waals surface area contributed by atoms with Crippen molar-refractivity contribution >= 4 is 5.97 Å². The van der Waals surface area contributed by atoms with Gasteiger partial charge in [0.1, 0.15) is 0 Å². The third kappa shape index (κ3) is 3.34. The largest absolute Gasteiger partial charge is 0.465 e. The Morgan fingerprint density at radius 1 is 1.27 bits per heavy atom. The molecule has 132 valence electrons. The van der Waals surface area contributed by atoms with Gasteiger partial charge >= 0.3 is 5.97 Å². The van der Waals surface area contributed by atoms with Crippen LogP contribution in [-0.4, -0.2) is 46.2 Å². The molecule has 1 aliphatic heterocycles. The Morgan fingerprint density at radius 3 is 2.77 bits per heavy atom. The first kappa shape index (κ1) is 16.4. The quantitative estimate of drug-likeness (QED) is 0.654. The van der Waals surface area contributed by atoms with Crippen molar-refractivity contribution in [3.63, 3.8) is 0 Å². The number of likely N-dealkylation sites (tertiary alicyclic amines) is 1. The molecule has 3 heterocycles. The molecular weight excluding hydrogens is 332 g/mol. The summed E-state index contributed by atoms with van der Waals surface area (Å²) in [6, 6.07) is 11.2. The van der Waals surface area contributed by atoms with E-state index < -0.39 is 0 Å². The number of benzene rings is 1. The van der Waals surface area contributed by atoms with Crippen LogP contribution in [0.25, 0.3) is 11.4 Å². The normalized spacial score (nSPS) is 14.8. The smallest absolute Gasteiger partial charge is 0.337 e. The van der Waals surface area contributed by atoms with Gasteiger partial charge in [-0.15, -0.1) is 0 Å². The Bertz CT molecular complexity index is 887. The summed E-state index contributed by atoms with van der Waals surface area (Å²) in [5, 5.41) is 4.04. The number of esters is 1. The highest BCUT2D eigenvalue weighted by Gasteiger charge is 2.32. The van der Waals surface area contributed by atoms with Crippen LogP contribution in [0.4, 0.5) is 0 Å². The third-order valence-electron chi connectivity index (χ3n) is 4.45. The van der Waals surface area contributed by atoms with Crippen LogP contribution in [0.5, 0.6) is 0 Å². The maximum Gasteiger partial charge on any atom is 0.337 e. The zero-order valence-corrected chi connectivity index (χ0v) is 14.3. The molecule has 0 amide bonds. The van der Waals surface area contributed by atoms with Gasteiger partial charge in [0.15, 0.2) is 0 Å². The number of rotatable bonds is 5. The molecule has 0 atom stereocenters. The summed E-state index contributed by atoms with van der Waals surface area (Å²) in [4.78, 5) is 22.3. The Kier molecular flexibility index (Phi) is 4.45. The van der Waals surface area contributed by atoms with Gasteiger partial charge in [-0.2, -0.15) is 4.98 Å². The molecule has 0 aliphatic carbocycles. The molecule has 0 unspecified atom stereocenters. The molecule has 1 saturated heterocycles. The highest BCUT2D eigenvalue weighted by Crippen LogP contribution is 2.28. The lowest BCUT2D eigenvalue weighted by molar-refractivity contribution is 0.0600. The van der Waals surface area contributed by atoms with E-state index in [0.717, 1.165) is 30.8 Å². The van der Waals surface area contributed by atoms with E-state index >= 15 is 0 Å². The first-order chi connectivity index (χ1) is 12.7. The molecule has 26 heavy (non-hydrogen) atoms. The first-order valence-electron chi connectivity index (χ1n) is 8.36. The predicted octanol–water partition coefficient (Wildman–Crippen LogP) is 2.52. The molecule has 4 rings (SSSR count). The highest BCUT2D eigenvalue weighted by molar-refractivity contribution is 5.89. The van der Waals surface area contributed by atoms with Gasteiger partial charge < -0.3 is 9.26 Å². The number of nitrogens with zero attached hydrogens (tertiary/aromatic N) is 4. The van der Waals surface area contributed by atoms with Crippen LogP contribution in [0.2, 0.25) is 0 Å². The number of methoxy groups -OCH3 is 1. The molecule has 2 aromatic heterocycles. The number of ether oxygens (including phenoxy) is 1. The van der Waals surface area contributed by atoms with Crippen molar-refractivity contribution in [1.29, 1.82) is 0 Å². The SMILES string of the molecule is COC(=O)c1ccc(CN2CC(c3nc(-c4cccnc4)no3)C2)cc1. The molecule has 0 bridgehead atoms. The average molecular weight is 350 g/mol. The summed E-state index contributed by atoms with van der Waals surface area (Å²) in [6.45, 7) is 2.56. The van der Waals surface area contributed by atoms with Gasteiger partial charge in [-0.25, -0.2) is 4.79 Å². The van der Waals surface area contributed by atoms with E-state index in [4.69, 9.17) is 9.26 Å². The predicted molar refractivity (Wildman–Crippen MR) is 93.3 cm³/mol. The van der Waals surface area contributed by atoms with E-state index in [9.17, 15) is 4.79 Å². The highest BCUT2D eigenvalue weighted by atomic mass is 16.5. The number of hydrogen-bond donors (Lipinski definition) is 0. The van der Waals surface area contributed by atoms with Crippen molar-refractivity contribution in [2.45, 2.75) is 12.5 Å². The number of carbonyl (C=O) groups is 1. The van der Waals surface area contributed by atoms with E-state index in [1.165, 1.54) is 7.11 Å². The molecule has 0 radical (unpaired) electrons. The fourth-order valence-electron chi connectivity index (χ4n) is 2.99. The third-order valence-corrected chi connectivity index (χ3v) is 4.45. The second-order valence-electron chi connectivity index (χ2n) is 6.28. The maximum absolute atomic E-state index is 11.5. The van der Waals surface area contributed by atoms with Crippen molar-refractivity contribution in [1.82, 2.24) is 20.0 Å². The minimum atomic E-state index is -0.318. The maximum atomic E-state index is 11.5. The number of hydrogen-bond acceptors (Lipinski definition) is 7. The molecule has 7 heteroatoms. The van der Waals surface area contributed by atoms with Gasteiger partial charge in [-0.05, 0) is 29.8 Å². The fourth-order valence-corrected chi connectivity index (χ4v) is 2.99. The van der Waals surface area contributed by atoms with E-state index in [2.05, 4.69) is 20.0 Å². The molecule has 0 saturated carbocycles. The molecular formula is C19H18N4O3. The van der Waals surface area contributed by atoms with Crippen molar-refractivity contribution in [2.75, 3.05) is 20.2 Å². The summed E-state index contributed by atoms with van der Waals surface area (Å²) >= 11 is 0. The second kappa shape index (κ2) is 7.05. The Labute approximate surface area is 150 Å². The second-order valence-corrected chi connectivity index (χ2v) is 6.28. The van der Waals surface area contributed by atoms with Crippen LogP contribution in [-0.2, 0) is 11.3 Å². The molecule has 1 aliphatic rings. The van der Waals surface area contributed by atoms with Crippen LogP contribution in [0.15, 0.2) is 53.3 Å². The lowest BCUT2D eigenvalue weighted by atomic mass is 9.99. The van der Waals surface area contributed by atoms with Gasteiger partial charge in [-0.3, -0.25) is 9.88 Å². The summed E-state index contributed by atoms with van der Waals surface area (Å²) in [5.41, 5.74) is 2.56. The Hall–Kier alpha value is -3.06. The minimum absolute atomic E-state index is 0.252. The van der Waals surface area contributed by atoms with Crippen LogP contribution in [0.1, 0.15) is 27.7 Å². The molecule has 1 fully saturated rings. The van der Waals surface area contributed by atoms with Gasteiger partial charge in [0.25, 0.3) is 0 Å². The van der Waals surface area contributed by atoms with E-state index in [1.54, 1.807) is 24.5 Å². The van der Waals surface area contributed by atoms with Crippen molar-refractivity contribution < 1.29 is 14.1 Å². The van der Waals surface area contributed by atoms with Gasteiger partial charge in [-0.1, -0.05) is 17.3 Å². The van der Waals surface area contributed by atoms with Gasteiger partial charge in [0, 0.05) is 37.6 Å². The number of pyridine rings is 1. The first-order valence-corrected chi connectivity index (χ1v) is 8.36. The van der Waals surface area contributed by atoms with E-state index in [1.807, 2.05) is 24.3 Å². The molecule has 7 nitrogen and oxygen atoms in total. The number of carbonyl (C=O) groups excluding carboxylic acids is 1. The average Bonchev–Trinajstić information content (AvgIpc) is 3.14. The summed E-state index contributed by atoms with van der Waals surface area (Å²) in [7, 11) is 1.38. The Balaban J connectivity index is 1.33. The topological polar surface area (TPSA) is 81.4 Å². The van der Waals surface area contributed by atoms with E-state index in [-0.39, 0.29) is 11.9 Å². The Morgan fingerprint density at radius 2 is 2.08 bits per heavy atom. The fraction of sp³-hybridized carbons (Fsp3) is 0.263.